The summed E-state index contributed by atoms with van der Waals surface area (Å²) in [6.07, 6.45) is 0. The summed E-state index contributed by atoms with van der Waals surface area (Å²) in [5.41, 5.74) is 1.23. The minimum Gasteiger partial charge on any atom is -0.493 e. The van der Waals surface area contributed by atoms with E-state index in [1.807, 2.05) is 0 Å². The van der Waals surface area contributed by atoms with Crippen molar-refractivity contribution in [1.29, 1.82) is 0 Å². The molecule has 0 N–H and O–H groups in total. The van der Waals surface area contributed by atoms with Gasteiger partial charge in [-0.2, -0.15) is 0 Å². The molecule has 0 heterocycles. The fourth-order valence-electron chi connectivity index (χ4n) is 1.97. The molecule has 0 aromatic heterocycles. The number of halogens is 1. The van der Waals surface area contributed by atoms with E-state index < -0.39 is 0 Å². The molecule has 0 saturated carbocycles. The van der Waals surface area contributed by atoms with Crippen molar-refractivity contribution in [2.75, 3.05) is 26.2 Å². The maximum atomic E-state index is 12.4. The van der Waals surface area contributed by atoms with Crippen LogP contribution in [-0.2, 0) is 0 Å². The average molecular weight is 306 g/mol. The Balaban J connectivity index is 2.31. The van der Waals surface area contributed by atoms with Gasteiger partial charge in [0.15, 0.2) is 11.5 Å². The number of anilines is 1. The number of carbonyl (C=O) groups is 1. The maximum Gasteiger partial charge on any atom is 0.258 e. The first-order valence-electron chi connectivity index (χ1n) is 6.32. The molecule has 0 atom stereocenters. The molecule has 0 fully saturated rings. The molecule has 0 bridgehead atoms. The zero-order chi connectivity index (χ0) is 15.4. The largest absolute Gasteiger partial charge is 0.493 e. The minimum absolute atomic E-state index is 0.148. The van der Waals surface area contributed by atoms with Crippen molar-refractivity contribution in [1.82, 2.24) is 0 Å². The molecule has 2 aromatic carbocycles. The highest BCUT2D eigenvalue weighted by Crippen LogP contribution is 2.31. The van der Waals surface area contributed by atoms with Crippen LogP contribution in [0.1, 0.15) is 10.4 Å². The van der Waals surface area contributed by atoms with Crippen molar-refractivity contribution in [2.24, 2.45) is 0 Å². The van der Waals surface area contributed by atoms with Gasteiger partial charge < -0.3 is 14.4 Å². The number of hydrogen-bond acceptors (Lipinski definition) is 3. The van der Waals surface area contributed by atoms with Crippen molar-refractivity contribution in [3.05, 3.63) is 53.1 Å². The average Bonchev–Trinajstić information content (AvgIpc) is 2.52. The standard InChI is InChI=1S/C16H16ClNO3/c1-18(16(19)11-5-4-6-12(17)9-11)13-7-8-14(20-2)15(10-13)21-3/h4-10H,1-3H3. The van der Waals surface area contributed by atoms with Crippen molar-refractivity contribution in [3.63, 3.8) is 0 Å². The van der Waals surface area contributed by atoms with Gasteiger partial charge in [0.25, 0.3) is 5.91 Å². The third-order valence-corrected chi connectivity index (χ3v) is 3.37. The summed E-state index contributed by atoms with van der Waals surface area (Å²) >= 11 is 5.92. The zero-order valence-electron chi connectivity index (χ0n) is 12.1. The van der Waals surface area contributed by atoms with Gasteiger partial charge in [-0.15, -0.1) is 0 Å². The first-order chi connectivity index (χ1) is 10.1. The molecular weight excluding hydrogens is 290 g/mol. The Morgan fingerprint density at radius 1 is 1.05 bits per heavy atom. The Morgan fingerprint density at radius 2 is 1.76 bits per heavy atom. The number of amides is 1. The van der Waals surface area contributed by atoms with E-state index in [9.17, 15) is 4.79 Å². The van der Waals surface area contributed by atoms with E-state index in [0.717, 1.165) is 0 Å². The second-order valence-electron chi connectivity index (χ2n) is 4.41. The molecule has 2 aromatic rings. The van der Waals surface area contributed by atoms with E-state index in [1.54, 1.807) is 63.7 Å². The Labute approximate surface area is 128 Å². The molecule has 4 nitrogen and oxygen atoms in total. The van der Waals surface area contributed by atoms with Gasteiger partial charge in [-0.05, 0) is 30.3 Å². The second kappa shape index (κ2) is 6.50. The Morgan fingerprint density at radius 3 is 2.38 bits per heavy atom. The smallest absolute Gasteiger partial charge is 0.258 e. The second-order valence-corrected chi connectivity index (χ2v) is 4.85. The predicted octanol–water partition coefficient (Wildman–Crippen LogP) is 3.63. The van der Waals surface area contributed by atoms with Crippen molar-refractivity contribution >= 4 is 23.2 Å². The van der Waals surface area contributed by atoms with Gasteiger partial charge in [-0.3, -0.25) is 4.79 Å². The lowest BCUT2D eigenvalue weighted by Gasteiger charge is -2.19. The van der Waals surface area contributed by atoms with E-state index in [2.05, 4.69) is 0 Å². The number of rotatable bonds is 4. The molecule has 2 rings (SSSR count). The lowest BCUT2D eigenvalue weighted by molar-refractivity contribution is 0.0993. The van der Waals surface area contributed by atoms with Crippen LogP contribution in [0.25, 0.3) is 0 Å². The summed E-state index contributed by atoms with van der Waals surface area (Å²) in [4.78, 5) is 14.0. The molecule has 0 unspecified atom stereocenters. The third kappa shape index (κ3) is 3.28. The number of nitrogens with zero attached hydrogens (tertiary/aromatic N) is 1. The molecule has 0 aliphatic carbocycles. The molecule has 0 aliphatic rings. The van der Waals surface area contributed by atoms with E-state index >= 15 is 0 Å². The van der Waals surface area contributed by atoms with Crippen LogP contribution in [0.2, 0.25) is 5.02 Å². The van der Waals surface area contributed by atoms with E-state index in [0.29, 0.717) is 27.8 Å². The monoisotopic (exact) mass is 305 g/mol. The summed E-state index contributed by atoms with van der Waals surface area (Å²) in [6, 6.07) is 12.2. The highest BCUT2D eigenvalue weighted by molar-refractivity contribution is 6.31. The van der Waals surface area contributed by atoms with Gasteiger partial charge in [-0.1, -0.05) is 17.7 Å². The van der Waals surface area contributed by atoms with Crippen LogP contribution >= 0.6 is 11.6 Å². The van der Waals surface area contributed by atoms with E-state index in [1.165, 1.54) is 4.90 Å². The van der Waals surface area contributed by atoms with Crippen LogP contribution in [0, 0.1) is 0 Å². The molecular formula is C16H16ClNO3. The van der Waals surface area contributed by atoms with Crippen LogP contribution in [0.3, 0.4) is 0 Å². The number of methoxy groups -OCH3 is 2. The highest BCUT2D eigenvalue weighted by atomic mass is 35.5. The summed E-state index contributed by atoms with van der Waals surface area (Å²) in [5.74, 6) is 1.04. The summed E-state index contributed by atoms with van der Waals surface area (Å²) in [5, 5.41) is 0.529. The number of ether oxygens (including phenoxy) is 2. The molecule has 0 aliphatic heterocycles. The van der Waals surface area contributed by atoms with Crippen LogP contribution in [0.5, 0.6) is 11.5 Å². The molecule has 110 valence electrons. The van der Waals surface area contributed by atoms with E-state index in [-0.39, 0.29) is 5.91 Å². The zero-order valence-corrected chi connectivity index (χ0v) is 12.8. The molecule has 0 radical (unpaired) electrons. The SMILES string of the molecule is COc1ccc(N(C)C(=O)c2cccc(Cl)c2)cc1OC. The fraction of sp³-hybridized carbons (Fsp3) is 0.188. The van der Waals surface area contributed by atoms with Gasteiger partial charge in [-0.25, -0.2) is 0 Å². The molecule has 5 heteroatoms. The third-order valence-electron chi connectivity index (χ3n) is 3.13. The van der Waals surface area contributed by atoms with Crippen molar-refractivity contribution in [2.45, 2.75) is 0 Å². The molecule has 0 saturated heterocycles. The van der Waals surface area contributed by atoms with Crippen LogP contribution in [0.4, 0.5) is 5.69 Å². The normalized spacial score (nSPS) is 10.1. The van der Waals surface area contributed by atoms with Crippen molar-refractivity contribution < 1.29 is 14.3 Å². The predicted molar refractivity (Wildman–Crippen MR) is 83.7 cm³/mol. The van der Waals surface area contributed by atoms with Gasteiger partial charge >= 0.3 is 0 Å². The number of hydrogen-bond donors (Lipinski definition) is 0. The van der Waals surface area contributed by atoms with Crippen LogP contribution in [-0.4, -0.2) is 27.2 Å². The minimum atomic E-state index is -0.148. The maximum absolute atomic E-state index is 12.4. The van der Waals surface area contributed by atoms with Gasteiger partial charge in [0.2, 0.25) is 0 Å². The highest BCUT2D eigenvalue weighted by Gasteiger charge is 2.15. The number of benzene rings is 2. The van der Waals surface area contributed by atoms with Crippen molar-refractivity contribution in [3.8, 4) is 11.5 Å². The van der Waals surface area contributed by atoms with Gasteiger partial charge in [0, 0.05) is 29.4 Å². The first kappa shape index (κ1) is 15.2. The summed E-state index contributed by atoms with van der Waals surface area (Å²) in [6.45, 7) is 0. The Bertz CT molecular complexity index is 658. The lowest BCUT2D eigenvalue weighted by Crippen LogP contribution is -2.26. The van der Waals surface area contributed by atoms with E-state index in [4.69, 9.17) is 21.1 Å². The quantitative estimate of drug-likeness (QED) is 0.866. The van der Waals surface area contributed by atoms with Crippen LogP contribution < -0.4 is 14.4 Å². The topological polar surface area (TPSA) is 38.8 Å². The first-order valence-corrected chi connectivity index (χ1v) is 6.70. The summed E-state index contributed by atoms with van der Waals surface area (Å²) < 4.78 is 10.4. The Kier molecular flexibility index (Phi) is 4.70. The molecule has 1 amide bonds. The fourth-order valence-corrected chi connectivity index (χ4v) is 2.16. The lowest BCUT2D eigenvalue weighted by atomic mass is 10.2. The van der Waals surface area contributed by atoms with Gasteiger partial charge in [0.05, 0.1) is 14.2 Å². The van der Waals surface area contributed by atoms with Crippen LogP contribution in [0.15, 0.2) is 42.5 Å². The summed E-state index contributed by atoms with van der Waals surface area (Å²) in [7, 11) is 4.82. The van der Waals surface area contributed by atoms with Gasteiger partial charge in [0.1, 0.15) is 0 Å². The number of carbonyl (C=O) groups excluding carboxylic acids is 1. The molecule has 0 spiro atoms. The molecule has 21 heavy (non-hydrogen) atoms. The Hall–Kier alpha value is -2.20.